The van der Waals surface area contributed by atoms with E-state index in [9.17, 15) is 18.4 Å². The van der Waals surface area contributed by atoms with Crippen LogP contribution >= 0.6 is 0 Å². The Morgan fingerprint density at radius 3 is 2.10 bits per heavy atom. The Bertz CT molecular complexity index is 1250. The second kappa shape index (κ2) is 30.7. The van der Waals surface area contributed by atoms with Gasteiger partial charge in [-0.15, -0.1) is 0 Å². The molecule has 0 saturated carbocycles. The van der Waals surface area contributed by atoms with Crippen LogP contribution in [-0.2, 0) is 20.8 Å². The third kappa shape index (κ3) is 23.1. The van der Waals surface area contributed by atoms with Crippen LogP contribution in [0.4, 0.5) is 8.78 Å². The third-order valence-corrected chi connectivity index (χ3v) is 7.40. The summed E-state index contributed by atoms with van der Waals surface area (Å²) in [6.07, 6.45) is 9.59. The number of carbonyl (C=O) groups is 3. The Hall–Kier alpha value is -4.06. The number of pyridine rings is 1. The standard InChI is InChI=1S/C15H20N2O2.C12H21N3O.C7H6F2.C4H10.C2H4O/c1-16-14-9-10-17(15(14)19)13(11-18)8-7-12-5-3-2-4-6-12;1-11(10-14-8-5-7-13-2)16-12-6-3-4-9-15-12;1-5-2-6(8)4-7(9)3-5;1-3-4-2;1-2-3/h2-6,11,13-14,16H,7-10H2,1H3;3-4,6,9,11,13-14H,5,7-8,10H2,1-2H3;2-4H,1H3;3-4H2,1-2H3;2H,1H3. The van der Waals surface area contributed by atoms with Crippen LogP contribution < -0.4 is 20.7 Å². The normalized spacial score (nSPS) is 14.1. The quantitative estimate of drug-likeness (QED) is 0.124. The van der Waals surface area contributed by atoms with E-state index in [4.69, 9.17) is 9.53 Å². The van der Waals surface area contributed by atoms with Crippen LogP contribution in [0.5, 0.6) is 5.88 Å². The molecular weight excluding hydrogens is 652 g/mol. The second-order valence-corrected chi connectivity index (χ2v) is 11.8. The molecule has 1 aliphatic heterocycles. The van der Waals surface area contributed by atoms with E-state index in [2.05, 4.69) is 34.8 Å². The van der Waals surface area contributed by atoms with Gasteiger partial charge < -0.3 is 35.2 Å². The van der Waals surface area contributed by atoms with E-state index in [1.54, 1.807) is 25.1 Å². The van der Waals surface area contributed by atoms with Crippen molar-refractivity contribution in [3.8, 4) is 5.88 Å². The number of unbranched alkanes of at least 4 members (excludes halogenated alkanes) is 1. The number of hydrogen-bond acceptors (Lipinski definition) is 8. The lowest BCUT2D eigenvalue weighted by Gasteiger charge is -2.23. The molecule has 1 amide bonds. The van der Waals surface area contributed by atoms with Gasteiger partial charge in [0.15, 0.2) is 0 Å². The van der Waals surface area contributed by atoms with Crippen molar-refractivity contribution >= 4 is 18.5 Å². The minimum atomic E-state index is -0.521. The first-order valence-electron chi connectivity index (χ1n) is 17.8. The molecule has 11 heteroatoms. The van der Waals surface area contributed by atoms with Crippen molar-refractivity contribution in [3.63, 3.8) is 0 Å². The number of likely N-dealkylation sites (tertiary alicyclic amines) is 1. The second-order valence-electron chi connectivity index (χ2n) is 11.8. The van der Waals surface area contributed by atoms with E-state index in [1.807, 2.05) is 62.5 Å². The molecule has 2 heterocycles. The number of likely N-dealkylation sites (N-methyl/N-ethyl adjacent to an activating group) is 1. The Morgan fingerprint density at radius 1 is 0.980 bits per heavy atom. The molecule has 3 N–H and O–H groups in total. The van der Waals surface area contributed by atoms with Crippen LogP contribution in [0, 0.1) is 18.6 Å². The highest BCUT2D eigenvalue weighted by atomic mass is 19.1. The number of halogens is 2. The molecule has 4 rings (SSSR count). The molecule has 3 unspecified atom stereocenters. The highest BCUT2D eigenvalue weighted by molar-refractivity contribution is 5.86. The van der Waals surface area contributed by atoms with E-state index in [-0.39, 0.29) is 24.1 Å². The van der Waals surface area contributed by atoms with Crippen LogP contribution in [0.1, 0.15) is 70.9 Å². The van der Waals surface area contributed by atoms with Crippen LogP contribution in [0.25, 0.3) is 0 Å². The molecule has 1 saturated heterocycles. The molecule has 2 aromatic carbocycles. The molecule has 1 aliphatic rings. The minimum absolute atomic E-state index is 0.0488. The molecule has 0 bridgehead atoms. The lowest BCUT2D eigenvalue weighted by Crippen LogP contribution is -2.42. The first-order chi connectivity index (χ1) is 24.6. The molecule has 3 atom stereocenters. The molecule has 1 aromatic heterocycles. The van der Waals surface area contributed by atoms with E-state index in [0.717, 1.165) is 57.5 Å². The van der Waals surface area contributed by atoms with Crippen molar-refractivity contribution in [3.05, 3.63) is 95.7 Å². The van der Waals surface area contributed by atoms with Gasteiger partial charge in [-0.2, -0.15) is 0 Å². The summed E-state index contributed by atoms with van der Waals surface area (Å²) in [5.41, 5.74) is 1.80. The van der Waals surface area contributed by atoms with Crippen molar-refractivity contribution in [2.24, 2.45) is 0 Å². The number of carbonyl (C=O) groups excluding carboxylic acids is 3. The molecular formula is C40H61F2N5O4. The number of benzene rings is 2. The van der Waals surface area contributed by atoms with Crippen molar-refractivity contribution in [1.82, 2.24) is 25.8 Å². The average molecular weight is 714 g/mol. The summed E-state index contributed by atoms with van der Waals surface area (Å²) in [5.74, 6) is -0.306. The summed E-state index contributed by atoms with van der Waals surface area (Å²) < 4.78 is 30.0. The average Bonchev–Trinajstić information content (AvgIpc) is 3.49. The summed E-state index contributed by atoms with van der Waals surface area (Å²) in [7, 11) is 3.75. The van der Waals surface area contributed by atoms with E-state index in [0.29, 0.717) is 24.4 Å². The number of aldehydes is 2. The van der Waals surface area contributed by atoms with Crippen LogP contribution in [-0.4, -0.2) is 86.8 Å². The zero-order chi connectivity index (χ0) is 38.3. The van der Waals surface area contributed by atoms with E-state index in [1.165, 1.54) is 37.5 Å². The number of aromatic nitrogens is 1. The highest BCUT2D eigenvalue weighted by Gasteiger charge is 2.34. The number of amides is 1. The van der Waals surface area contributed by atoms with Crippen molar-refractivity contribution < 1.29 is 27.9 Å². The molecule has 51 heavy (non-hydrogen) atoms. The fraction of sp³-hybridized carbons (Fsp3) is 0.500. The SMILES string of the molecule is CC=O.CCCC.CNC1CCN(C(C=O)CCc2ccccc2)C1=O.CNCCCNCC(C)Oc1ccccn1.Cc1cc(F)cc(F)c1. The molecule has 9 nitrogen and oxygen atoms in total. The van der Waals surface area contributed by atoms with Gasteiger partial charge in [0.05, 0.1) is 12.1 Å². The van der Waals surface area contributed by atoms with Crippen LogP contribution in [0.15, 0.2) is 72.9 Å². The van der Waals surface area contributed by atoms with Gasteiger partial charge in [-0.25, -0.2) is 13.8 Å². The summed E-state index contributed by atoms with van der Waals surface area (Å²) in [5, 5.41) is 9.45. The summed E-state index contributed by atoms with van der Waals surface area (Å²) >= 11 is 0. The van der Waals surface area contributed by atoms with Gasteiger partial charge in [-0.3, -0.25) is 4.79 Å². The predicted octanol–water partition coefficient (Wildman–Crippen LogP) is 6.34. The first kappa shape index (κ1) is 46.9. The zero-order valence-corrected chi connectivity index (χ0v) is 31.7. The molecule has 0 spiro atoms. The third-order valence-electron chi connectivity index (χ3n) is 7.40. The molecule has 0 aliphatic carbocycles. The smallest absolute Gasteiger partial charge is 0.240 e. The van der Waals surface area contributed by atoms with Gasteiger partial charge in [-0.1, -0.05) is 63.1 Å². The number of aryl methyl sites for hydroxylation is 2. The topological polar surface area (TPSA) is 113 Å². The Morgan fingerprint density at radius 2 is 1.61 bits per heavy atom. The number of nitrogens with one attached hydrogen (secondary N) is 3. The fourth-order valence-corrected chi connectivity index (χ4v) is 4.61. The van der Waals surface area contributed by atoms with Gasteiger partial charge in [0.1, 0.15) is 30.3 Å². The predicted molar refractivity (Wildman–Crippen MR) is 203 cm³/mol. The largest absolute Gasteiger partial charge is 0.473 e. The van der Waals surface area contributed by atoms with Gasteiger partial charge >= 0.3 is 0 Å². The summed E-state index contributed by atoms with van der Waals surface area (Å²) in [6, 6.07) is 18.7. The van der Waals surface area contributed by atoms with Crippen molar-refractivity contribution in [2.45, 2.75) is 91.3 Å². The lowest BCUT2D eigenvalue weighted by atomic mass is 10.1. The monoisotopic (exact) mass is 713 g/mol. The minimum Gasteiger partial charge on any atom is -0.473 e. The van der Waals surface area contributed by atoms with E-state index < -0.39 is 11.6 Å². The molecule has 0 radical (unpaired) electrons. The van der Waals surface area contributed by atoms with Crippen molar-refractivity contribution in [2.75, 3.05) is 40.3 Å². The number of hydrogen-bond donors (Lipinski definition) is 3. The number of nitrogens with zero attached hydrogens (tertiary/aromatic N) is 2. The van der Waals surface area contributed by atoms with Gasteiger partial charge in [-0.05, 0) is 103 Å². The van der Waals surface area contributed by atoms with E-state index >= 15 is 0 Å². The molecule has 1 fully saturated rings. The maximum absolute atomic E-state index is 12.2. The molecule has 284 valence electrons. The number of ether oxygens (including phenoxy) is 1. The highest BCUT2D eigenvalue weighted by Crippen LogP contribution is 2.17. The maximum Gasteiger partial charge on any atom is 0.240 e. The molecule has 3 aromatic rings. The maximum atomic E-state index is 12.2. The zero-order valence-electron chi connectivity index (χ0n) is 31.7. The van der Waals surface area contributed by atoms with Gasteiger partial charge in [0.2, 0.25) is 11.8 Å². The van der Waals surface area contributed by atoms with Gasteiger partial charge in [0.25, 0.3) is 0 Å². The Labute approximate surface area is 305 Å². The number of rotatable bonds is 15. The lowest BCUT2D eigenvalue weighted by molar-refractivity contribution is -0.134. The fourth-order valence-electron chi connectivity index (χ4n) is 4.61. The van der Waals surface area contributed by atoms with Crippen molar-refractivity contribution in [1.29, 1.82) is 0 Å². The first-order valence-corrected chi connectivity index (χ1v) is 17.8. The summed E-state index contributed by atoms with van der Waals surface area (Å²) in [4.78, 5) is 37.9. The van der Waals surface area contributed by atoms with Crippen LogP contribution in [0.2, 0.25) is 0 Å². The van der Waals surface area contributed by atoms with Gasteiger partial charge in [0, 0.05) is 31.4 Å². The Balaban J connectivity index is 0.000000701. The Kier molecular flexibility index (Phi) is 28.3. The van der Waals surface area contributed by atoms with Crippen LogP contribution in [0.3, 0.4) is 0 Å². The summed E-state index contributed by atoms with van der Waals surface area (Å²) in [6.45, 7) is 13.1.